The van der Waals surface area contributed by atoms with Crippen LogP contribution < -0.4 is 5.32 Å². The van der Waals surface area contributed by atoms with Gasteiger partial charge in [-0.15, -0.1) is 0 Å². The van der Waals surface area contributed by atoms with E-state index in [4.69, 9.17) is 0 Å². The van der Waals surface area contributed by atoms with Crippen molar-refractivity contribution >= 4 is 0 Å². The van der Waals surface area contributed by atoms with E-state index >= 15 is 0 Å². The molecular formula is C12H21N. The first-order chi connectivity index (χ1) is 6.38. The Kier molecular flexibility index (Phi) is 4.84. The summed E-state index contributed by atoms with van der Waals surface area (Å²) >= 11 is 0. The van der Waals surface area contributed by atoms with Crippen LogP contribution in [0.2, 0.25) is 0 Å². The number of hydrogen-bond donors (Lipinski definition) is 1. The second kappa shape index (κ2) is 5.98. The summed E-state index contributed by atoms with van der Waals surface area (Å²) in [4.78, 5) is 0. The predicted molar refractivity (Wildman–Crippen MR) is 58.9 cm³/mol. The first kappa shape index (κ1) is 10.5. The lowest BCUT2D eigenvalue weighted by Crippen LogP contribution is -2.09. The zero-order valence-electron chi connectivity index (χ0n) is 8.90. The highest BCUT2D eigenvalue weighted by Crippen LogP contribution is 2.25. The summed E-state index contributed by atoms with van der Waals surface area (Å²) in [5.74, 6) is 0. The summed E-state index contributed by atoms with van der Waals surface area (Å²) in [6.45, 7) is 3.25. The average molecular weight is 179 g/mol. The fourth-order valence-corrected chi connectivity index (χ4v) is 1.88. The van der Waals surface area contributed by atoms with Crippen LogP contribution in [0.25, 0.3) is 0 Å². The van der Waals surface area contributed by atoms with E-state index in [-0.39, 0.29) is 0 Å². The molecule has 0 bridgehead atoms. The van der Waals surface area contributed by atoms with Crippen molar-refractivity contribution in [1.29, 1.82) is 0 Å². The van der Waals surface area contributed by atoms with Crippen LogP contribution in [0.1, 0.15) is 39.0 Å². The van der Waals surface area contributed by atoms with Crippen LogP contribution in [0.4, 0.5) is 0 Å². The van der Waals surface area contributed by atoms with E-state index in [1.165, 1.54) is 32.1 Å². The summed E-state index contributed by atoms with van der Waals surface area (Å²) in [5, 5.41) is 3.20. The molecule has 0 heterocycles. The second-order valence-electron chi connectivity index (χ2n) is 3.64. The average Bonchev–Trinajstić information content (AvgIpc) is 2.21. The number of rotatable bonds is 4. The van der Waals surface area contributed by atoms with Crippen LogP contribution in [0.15, 0.2) is 23.3 Å². The van der Waals surface area contributed by atoms with Crippen LogP contribution >= 0.6 is 0 Å². The molecule has 1 nitrogen and oxygen atoms in total. The van der Waals surface area contributed by atoms with Crippen LogP contribution in [0.3, 0.4) is 0 Å². The fourth-order valence-electron chi connectivity index (χ4n) is 1.88. The van der Waals surface area contributed by atoms with Gasteiger partial charge < -0.3 is 5.32 Å². The molecule has 0 atom stereocenters. The number of allylic oxidation sites excluding steroid dienone is 3. The van der Waals surface area contributed by atoms with Crippen molar-refractivity contribution in [3.63, 3.8) is 0 Å². The van der Waals surface area contributed by atoms with E-state index in [9.17, 15) is 0 Å². The summed E-state index contributed by atoms with van der Waals surface area (Å²) in [5.41, 5.74) is 3.15. The number of nitrogens with one attached hydrogen (secondary N) is 1. The lowest BCUT2D eigenvalue weighted by Gasteiger charge is -2.15. The Balaban J connectivity index is 2.50. The van der Waals surface area contributed by atoms with Gasteiger partial charge in [-0.2, -0.15) is 0 Å². The quantitative estimate of drug-likeness (QED) is 0.699. The van der Waals surface area contributed by atoms with Gasteiger partial charge >= 0.3 is 0 Å². The van der Waals surface area contributed by atoms with Crippen LogP contribution in [-0.2, 0) is 0 Å². The van der Waals surface area contributed by atoms with E-state index < -0.39 is 0 Å². The Morgan fingerprint density at radius 2 is 2.38 bits per heavy atom. The molecule has 0 saturated carbocycles. The van der Waals surface area contributed by atoms with E-state index in [0.717, 1.165) is 6.54 Å². The van der Waals surface area contributed by atoms with Crippen molar-refractivity contribution in [2.45, 2.75) is 39.0 Å². The van der Waals surface area contributed by atoms with Crippen molar-refractivity contribution in [3.05, 3.63) is 23.3 Å². The SMILES string of the molecule is C/C=C(\CCNC)C1=CCCCC1. The smallest absolute Gasteiger partial charge is 0.00114 e. The highest BCUT2D eigenvalue weighted by molar-refractivity contribution is 5.31. The van der Waals surface area contributed by atoms with Crippen molar-refractivity contribution in [2.75, 3.05) is 13.6 Å². The van der Waals surface area contributed by atoms with Gasteiger partial charge in [-0.1, -0.05) is 12.2 Å². The van der Waals surface area contributed by atoms with Crippen molar-refractivity contribution in [1.82, 2.24) is 5.32 Å². The predicted octanol–water partition coefficient (Wildman–Crippen LogP) is 3.04. The monoisotopic (exact) mass is 179 g/mol. The molecule has 1 aliphatic rings. The van der Waals surface area contributed by atoms with Gasteiger partial charge in [-0.05, 0) is 63.8 Å². The summed E-state index contributed by atoms with van der Waals surface area (Å²) in [6.07, 6.45) is 11.2. The molecule has 13 heavy (non-hydrogen) atoms. The molecule has 0 unspecified atom stereocenters. The van der Waals surface area contributed by atoms with E-state index in [1.807, 2.05) is 7.05 Å². The summed E-state index contributed by atoms with van der Waals surface area (Å²) in [7, 11) is 2.02. The Labute approximate surface area is 81.9 Å². The zero-order chi connectivity index (χ0) is 9.52. The molecule has 0 spiro atoms. The summed E-state index contributed by atoms with van der Waals surface area (Å²) in [6, 6.07) is 0. The summed E-state index contributed by atoms with van der Waals surface area (Å²) < 4.78 is 0. The van der Waals surface area contributed by atoms with Crippen LogP contribution in [0, 0.1) is 0 Å². The molecule has 0 aromatic heterocycles. The number of hydrogen-bond acceptors (Lipinski definition) is 1. The van der Waals surface area contributed by atoms with Gasteiger partial charge in [-0.3, -0.25) is 0 Å². The molecule has 0 fully saturated rings. The topological polar surface area (TPSA) is 12.0 Å². The molecular weight excluding hydrogens is 158 g/mol. The largest absolute Gasteiger partial charge is 0.319 e. The normalized spacial score (nSPS) is 18.6. The molecule has 1 rings (SSSR count). The van der Waals surface area contributed by atoms with Crippen molar-refractivity contribution < 1.29 is 0 Å². The van der Waals surface area contributed by atoms with Gasteiger partial charge in [0, 0.05) is 0 Å². The van der Waals surface area contributed by atoms with Gasteiger partial charge in [-0.25, -0.2) is 0 Å². The highest BCUT2D eigenvalue weighted by atomic mass is 14.8. The third kappa shape index (κ3) is 3.35. The van der Waals surface area contributed by atoms with Gasteiger partial charge in [0.15, 0.2) is 0 Å². The van der Waals surface area contributed by atoms with Crippen molar-refractivity contribution in [3.8, 4) is 0 Å². The third-order valence-corrected chi connectivity index (χ3v) is 2.70. The molecule has 0 amide bonds. The molecule has 1 N–H and O–H groups in total. The Bertz CT molecular complexity index is 201. The Hall–Kier alpha value is -0.560. The van der Waals surface area contributed by atoms with E-state index in [2.05, 4.69) is 24.4 Å². The standard InChI is InChI=1S/C12H21N/c1-3-11(9-10-13-2)12-7-5-4-6-8-12/h3,7,13H,4-6,8-10H2,1-2H3/b11-3+. The fraction of sp³-hybridized carbons (Fsp3) is 0.667. The third-order valence-electron chi connectivity index (χ3n) is 2.70. The molecule has 0 radical (unpaired) electrons. The maximum Gasteiger partial charge on any atom is -0.00114 e. The molecule has 0 aromatic rings. The minimum absolute atomic E-state index is 1.09. The first-order valence-corrected chi connectivity index (χ1v) is 5.37. The Morgan fingerprint density at radius 3 is 2.92 bits per heavy atom. The first-order valence-electron chi connectivity index (χ1n) is 5.37. The highest BCUT2D eigenvalue weighted by Gasteiger charge is 2.07. The molecule has 0 aromatic carbocycles. The van der Waals surface area contributed by atoms with Crippen LogP contribution in [0.5, 0.6) is 0 Å². The zero-order valence-corrected chi connectivity index (χ0v) is 8.90. The van der Waals surface area contributed by atoms with Crippen LogP contribution in [-0.4, -0.2) is 13.6 Å². The van der Waals surface area contributed by atoms with Gasteiger partial charge in [0.05, 0.1) is 0 Å². The van der Waals surface area contributed by atoms with Crippen molar-refractivity contribution in [2.24, 2.45) is 0 Å². The molecule has 1 aliphatic carbocycles. The maximum absolute atomic E-state index is 3.20. The minimum Gasteiger partial charge on any atom is -0.319 e. The van der Waals surface area contributed by atoms with E-state index in [0.29, 0.717) is 0 Å². The maximum atomic E-state index is 3.20. The molecule has 0 saturated heterocycles. The van der Waals surface area contributed by atoms with Gasteiger partial charge in [0.2, 0.25) is 0 Å². The molecule has 74 valence electrons. The van der Waals surface area contributed by atoms with Gasteiger partial charge in [0.25, 0.3) is 0 Å². The molecule has 0 aliphatic heterocycles. The second-order valence-corrected chi connectivity index (χ2v) is 3.64. The van der Waals surface area contributed by atoms with E-state index in [1.54, 1.807) is 11.1 Å². The molecule has 1 heteroatoms. The lowest BCUT2D eigenvalue weighted by atomic mass is 9.92. The van der Waals surface area contributed by atoms with Gasteiger partial charge in [0.1, 0.15) is 0 Å². The minimum atomic E-state index is 1.09. The lowest BCUT2D eigenvalue weighted by molar-refractivity contribution is 0.692. The Morgan fingerprint density at radius 1 is 1.54 bits per heavy atom.